The van der Waals surface area contributed by atoms with Crippen molar-refractivity contribution < 1.29 is 23.9 Å². The van der Waals surface area contributed by atoms with E-state index in [1.807, 2.05) is 37.3 Å². The number of hydrogen-bond acceptors (Lipinski definition) is 5. The molecule has 0 spiro atoms. The number of methoxy groups -OCH3 is 1. The number of allylic oxidation sites excluding steroid dienone is 4. The van der Waals surface area contributed by atoms with Gasteiger partial charge in [-0.3, -0.25) is 4.79 Å². The minimum atomic E-state index is -0.564. The van der Waals surface area contributed by atoms with Crippen LogP contribution in [0.2, 0.25) is 0 Å². The van der Waals surface area contributed by atoms with Crippen molar-refractivity contribution in [2.45, 2.75) is 38.7 Å². The smallest absolute Gasteiger partial charge is 0.339 e. The van der Waals surface area contributed by atoms with Gasteiger partial charge in [0.1, 0.15) is 6.10 Å². The maximum Gasteiger partial charge on any atom is 0.339 e. The molecule has 39 heavy (non-hydrogen) atoms. The Morgan fingerprint density at radius 1 is 0.769 bits per heavy atom. The van der Waals surface area contributed by atoms with Crippen molar-refractivity contribution in [2.24, 2.45) is 0 Å². The molecule has 0 amide bonds. The third-order valence-corrected chi connectivity index (χ3v) is 6.91. The van der Waals surface area contributed by atoms with Crippen molar-refractivity contribution in [3.63, 3.8) is 0 Å². The monoisotopic (exact) mass is 520 g/mol. The fourth-order valence-corrected chi connectivity index (χ4v) is 4.88. The Kier molecular flexibility index (Phi) is 8.72. The Balaban J connectivity index is 1.53. The van der Waals surface area contributed by atoms with Crippen molar-refractivity contribution in [1.29, 1.82) is 0 Å². The average molecular weight is 521 g/mol. The molecule has 0 N–H and O–H groups in total. The molecule has 0 fully saturated rings. The lowest BCUT2D eigenvalue weighted by Gasteiger charge is -2.20. The van der Waals surface area contributed by atoms with Gasteiger partial charge in [0.15, 0.2) is 5.78 Å². The van der Waals surface area contributed by atoms with Crippen molar-refractivity contribution in [1.82, 2.24) is 0 Å². The lowest BCUT2D eigenvalue weighted by atomic mass is 9.96. The van der Waals surface area contributed by atoms with Gasteiger partial charge in [0, 0.05) is 12.0 Å². The first-order valence-corrected chi connectivity index (χ1v) is 13.0. The van der Waals surface area contributed by atoms with Crippen LogP contribution < -0.4 is 0 Å². The molecule has 1 aliphatic rings. The van der Waals surface area contributed by atoms with Gasteiger partial charge >= 0.3 is 11.9 Å². The summed E-state index contributed by atoms with van der Waals surface area (Å²) in [5.41, 5.74) is 6.77. The van der Waals surface area contributed by atoms with Crippen molar-refractivity contribution >= 4 is 34.4 Å². The fraction of sp³-hybridized carbons (Fsp3) is 0.206. The maximum atomic E-state index is 13.3. The van der Waals surface area contributed by atoms with E-state index in [4.69, 9.17) is 9.47 Å². The summed E-state index contributed by atoms with van der Waals surface area (Å²) in [4.78, 5) is 38.6. The molecule has 0 aromatic heterocycles. The predicted octanol–water partition coefficient (Wildman–Crippen LogP) is 7.59. The minimum Gasteiger partial charge on any atom is -0.465 e. The zero-order valence-corrected chi connectivity index (χ0v) is 22.4. The summed E-state index contributed by atoms with van der Waals surface area (Å²) in [5.74, 6) is -1.23. The van der Waals surface area contributed by atoms with Crippen molar-refractivity contribution in [2.75, 3.05) is 7.11 Å². The molecule has 198 valence electrons. The van der Waals surface area contributed by atoms with Crippen LogP contribution in [0.5, 0.6) is 0 Å². The summed E-state index contributed by atoms with van der Waals surface area (Å²) in [6, 6.07) is 21.9. The molecule has 3 aromatic carbocycles. The molecule has 4 rings (SSSR count). The van der Waals surface area contributed by atoms with E-state index in [2.05, 4.69) is 25.3 Å². The topological polar surface area (TPSA) is 69.7 Å². The molecule has 0 radical (unpaired) electrons. The first-order valence-electron chi connectivity index (χ1n) is 13.0. The minimum absolute atomic E-state index is 0.108. The van der Waals surface area contributed by atoms with E-state index >= 15 is 0 Å². The van der Waals surface area contributed by atoms with E-state index in [1.165, 1.54) is 7.11 Å². The van der Waals surface area contributed by atoms with Crippen LogP contribution >= 0.6 is 0 Å². The molecule has 1 aliphatic carbocycles. The number of ether oxygens (including phenoxy) is 2. The van der Waals surface area contributed by atoms with Crippen LogP contribution in [-0.2, 0) is 9.47 Å². The molecule has 0 aliphatic heterocycles. The molecule has 1 unspecified atom stereocenters. The van der Waals surface area contributed by atoms with E-state index in [9.17, 15) is 14.4 Å². The number of carbonyl (C=O) groups is 3. The second-order valence-corrected chi connectivity index (χ2v) is 9.63. The molecular formula is C34H32O5. The zero-order chi connectivity index (χ0) is 27.9. The summed E-state index contributed by atoms with van der Waals surface area (Å²) >= 11 is 0. The SMILES string of the molecule is C=C(C)c1ccccc1C(=O)OC(CCC(=O)c1ccccc1C(=O)OC)CCC1=CC(=C)c2ccccc21. The second kappa shape index (κ2) is 12.4. The number of carbonyl (C=O) groups excluding carboxylic acids is 3. The summed E-state index contributed by atoms with van der Waals surface area (Å²) < 4.78 is 10.9. The van der Waals surface area contributed by atoms with Crippen molar-refractivity contribution in [3.8, 4) is 0 Å². The Hall–Kier alpha value is -4.51. The van der Waals surface area contributed by atoms with Gasteiger partial charge in [-0.2, -0.15) is 0 Å². The average Bonchev–Trinajstić information content (AvgIpc) is 3.28. The normalized spacial score (nSPS) is 12.8. The van der Waals surface area contributed by atoms with Gasteiger partial charge in [-0.25, -0.2) is 9.59 Å². The quantitative estimate of drug-likeness (QED) is 0.192. The van der Waals surface area contributed by atoms with Crippen LogP contribution in [0.3, 0.4) is 0 Å². The molecule has 3 aromatic rings. The number of ketones is 1. The number of rotatable bonds is 11. The first-order chi connectivity index (χ1) is 18.8. The van der Waals surface area contributed by atoms with Crippen LogP contribution in [0.15, 0.2) is 92.0 Å². The van der Waals surface area contributed by atoms with E-state index < -0.39 is 18.0 Å². The van der Waals surface area contributed by atoms with Crippen LogP contribution in [0.4, 0.5) is 0 Å². The third kappa shape index (κ3) is 6.32. The van der Waals surface area contributed by atoms with Gasteiger partial charge in [-0.1, -0.05) is 85.5 Å². The summed E-state index contributed by atoms with van der Waals surface area (Å²) in [6.07, 6.45) is 3.15. The number of fused-ring (bicyclic) bond motifs is 1. The van der Waals surface area contributed by atoms with E-state index in [0.29, 0.717) is 30.4 Å². The molecule has 0 saturated heterocycles. The largest absolute Gasteiger partial charge is 0.465 e. The molecule has 5 heteroatoms. The molecule has 0 heterocycles. The standard InChI is InChI=1S/C34H32O5/c1-22(2)26-11-5-9-15-30(26)34(37)39-25(18-17-24-21-23(3)27-12-6-7-13-28(24)27)19-20-32(35)29-14-8-10-16-31(29)33(36)38-4/h5-16,21,25H,1,3,17-20H2,2,4H3. The van der Waals surface area contributed by atoms with E-state index in [0.717, 1.165) is 33.4 Å². The third-order valence-electron chi connectivity index (χ3n) is 6.91. The maximum absolute atomic E-state index is 13.3. The predicted molar refractivity (Wildman–Crippen MR) is 154 cm³/mol. The zero-order valence-electron chi connectivity index (χ0n) is 22.4. The van der Waals surface area contributed by atoms with E-state index in [-0.39, 0.29) is 17.8 Å². The molecule has 5 nitrogen and oxygen atoms in total. The Morgan fingerprint density at radius 3 is 1.97 bits per heavy atom. The Labute approximate surface area is 229 Å². The first kappa shape index (κ1) is 27.5. The van der Waals surface area contributed by atoms with Crippen molar-refractivity contribution in [3.05, 3.63) is 125 Å². The Morgan fingerprint density at radius 2 is 1.33 bits per heavy atom. The van der Waals surface area contributed by atoms with Gasteiger partial charge in [0.05, 0.1) is 18.2 Å². The van der Waals surface area contributed by atoms with Crippen LogP contribution in [0.25, 0.3) is 16.7 Å². The molecular weight excluding hydrogens is 488 g/mol. The van der Waals surface area contributed by atoms with Crippen LogP contribution in [-0.4, -0.2) is 30.9 Å². The lowest BCUT2D eigenvalue weighted by molar-refractivity contribution is 0.0258. The highest BCUT2D eigenvalue weighted by molar-refractivity contribution is 6.06. The highest BCUT2D eigenvalue weighted by Crippen LogP contribution is 2.37. The number of benzene rings is 3. The molecule has 0 bridgehead atoms. The lowest BCUT2D eigenvalue weighted by Crippen LogP contribution is -2.21. The van der Waals surface area contributed by atoms with Crippen LogP contribution in [0, 0.1) is 0 Å². The Bertz CT molecular complexity index is 1480. The fourth-order valence-electron chi connectivity index (χ4n) is 4.88. The second-order valence-electron chi connectivity index (χ2n) is 9.63. The number of Topliss-reactive ketones (excluding diaryl/α,β-unsaturated/α-hetero) is 1. The molecule has 0 saturated carbocycles. The summed E-state index contributed by atoms with van der Waals surface area (Å²) in [6.45, 7) is 9.98. The van der Waals surface area contributed by atoms with Crippen LogP contribution in [0.1, 0.15) is 80.4 Å². The molecule has 1 atom stereocenters. The highest BCUT2D eigenvalue weighted by Gasteiger charge is 2.24. The summed E-state index contributed by atoms with van der Waals surface area (Å²) in [7, 11) is 1.28. The number of esters is 2. The highest BCUT2D eigenvalue weighted by atomic mass is 16.5. The van der Waals surface area contributed by atoms with Gasteiger partial charge in [0.25, 0.3) is 0 Å². The van der Waals surface area contributed by atoms with Gasteiger partial charge in [-0.15, -0.1) is 0 Å². The number of hydrogen-bond donors (Lipinski definition) is 0. The summed E-state index contributed by atoms with van der Waals surface area (Å²) in [5, 5.41) is 0. The van der Waals surface area contributed by atoms with Gasteiger partial charge in [-0.05, 0) is 66.2 Å². The van der Waals surface area contributed by atoms with Gasteiger partial charge in [0.2, 0.25) is 0 Å². The van der Waals surface area contributed by atoms with E-state index in [1.54, 1.807) is 36.4 Å². The van der Waals surface area contributed by atoms with Gasteiger partial charge < -0.3 is 9.47 Å².